The Morgan fingerprint density at radius 2 is 0.556 bits per heavy atom. The summed E-state index contributed by atoms with van der Waals surface area (Å²) in [5.41, 5.74) is 0. The van der Waals surface area contributed by atoms with Gasteiger partial charge < -0.3 is 43.0 Å². The second kappa shape index (κ2) is 56.5. The quantitative estimate of drug-likeness (QED) is 0.233. The third kappa shape index (κ3) is 2480. The van der Waals surface area contributed by atoms with E-state index in [0.717, 1.165) is 0 Å². The van der Waals surface area contributed by atoms with E-state index in [9.17, 15) is 0 Å². The molecule has 0 aromatic heterocycles. The molecule has 0 aromatic carbocycles. The molecule has 0 unspecified atom stereocenters. The van der Waals surface area contributed by atoms with Crippen LogP contribution in [0.25, 0.3) is 0 Å². The Morgan fingerprint density at radius 1 is 0.556 bits per heavy atom. The first kappa shape index (κ1) is 68.4. The van der Waals surface area contributed by atoms with Crippen molar-refractivity contribution in [2.75, 3.05) is 0 Å². The SMILES string of the molecule is O.O.O.O.O.O=[N+]([O-])O.O=[N+]([O-])O.O=[N+]([O-])O.[Yb]. The largest absolute Gasteiger partial charge is 0.412 e. The van der Waals surface area contributed by atoms with Gasteiger partial charge in [0, 0.05) is 46.9 Å². The van der Waals surface area contributed by atoms with Crippen molar-refractivity contribution in [3.8, 4) is 0 Å². The van der Waals surface area contributed by atoms with Gasteiger partial charge >= 0.3 is 0 Å². The summed E-state index contributed by atoms with van der Waals surface area (Å²) >= 11 is 0. The molecule has 13 N–H and O–H groups in total. The number of hydrogen-bond donors (Lipinski definition) is 3. The van der Waals surface area contributed by atoms with Crippen molar-refractivity contribution in [3.63, 3.8) is 0 Å². The Morgan fingerprint density at radius 3 is 0.556 bits per heavy atom. The second-order valence-electron chi connectivity index (χ2n) is 0.714. The van der Waals surface area contributed by atoms with Crippen molar-refractivity contribution < 1.29 is 105 Å². The normalized spacial score (nSPS) is 4.00. The average Bonchev–Trinajstić information content (AvgIpc) is 1.54. The zero-order chi connectivity index (χ0) is 10.7. The van der Waals surface area contributed by atoms with Gasteiger partial charge in [-0.3, -0.25) is 0 Å². The van der Waals surface area contributed by atoms with Gasteiger partial charge in [-0.2, -0.15) is 0 Å². The van der Waals surface area contributed by atoms with Crippen molar-refractivity contribution in [3.05, 3.63) is 30.3 Å². The second-order valence-corrected chi connectivity index (χ2v) is 0.714. The predicted octanol–water partition coefficient (Wildman–Crippen LogP) is -5.17. The zero-order valence-corrected chi connectivity index (χ0v) is 9.61. The summed E-state index contributed by atoms with van der Waals surface area (Å²) in [7, 11) is 0. The van der Waals surface area contributed by atoms with Crippen LogP contribution in [0.2, 0.25) is 0 Å². The molecular formula is H13N3O14Yb. The molecule has 126 valence electrons. The van der Waals surface area contributed by atoms with Crippen LogP contribution in [0.1, 0.15) is 0 Å². The third-order valence-electron chi connectivity index (χ3n) is 0. The van der Waals surface area contributed by atoms with Crippen molar-refractivity contribution >= 4 is 0 Å². The number of rotatable bonds is 0. The maximum atomic E-state index is 8.36. The first-order chi connectivity index (χ1) is 5.20. The van der Waals surface area contributed by atoms with E-state index in [0.29, 0.717) is 0 Å². The van der Waals surface area contributed by atoms with Gasteiger partial charge in [0.2, 0.25) is 0 Å². The van der Waals surface area contributed by atoms with E-state index >= 15 is 0 Å². The Hall–Kier alpha value is -1.08. The van der Waals surface area contributed by atoms with Crippen LogP contribution in [0, 0.1) is 77.3 Å². The van der Waals surface area contributed by atoms with Crippen LogP contribution in [-0.4, -0.2) is 58.3 Å². The molecule has 0 aliphatic rings. The zero-order valence-electron chi connectivity index (χ0n) is 7.90. The maximum Gasteiger partial charge on any atom is 0.291 e. The minimum atomic E-state index is -1.50. The number of hydrogen-bond acceptors (Lipinski definition) is 6. The van der Waals surface area contributed by atoms with Crippen LogP contribution in [0.5, 0.6) is 0 Å². The van der Waals surface area contributed by atoms with E-state index in [-0.39, 0.29) is 74.3 Å². The minimum absolute atomic E-state index is 0. The topological polar surface area (TPSA) is 348 Å². The molecular weight excluding hydrogens is 439 g/mol. The fraction of sp³-hybridized carbons (Fsp3) is 0. The summed E-state index contributed by atoms with van der Waals surface area (Å²) in [5, 5.41) is 40.9. The van der Waals surface area contributed by atoms with Crippen LogP contribution in [-0.2, 0) is 0 Å². The summed E-state index contributed by atoms with van der Waals surface area (Å²) < 4.78 is 0. The molecule has 0 saturated carbocycles. The van der Waals surface area contributed by atoms with E-state index in [4.69, 9.17) is 46.0 Å². The van der Waals surface area contributed by atoms with Crippen molar-refractivity contribution in [1.82, 2.24) is 0 Å². The van der Waals surface area contributed by atoms with Crippen molar-refractivity contribution in [2.24, 2.45) is 0 Å². The number of nitrogens with zero attached hydrogens (tertiary/aromatic N) is 3. The fourth-order valence-electron chi connectivity index (χ4n) is 0. The van der Waals surface area contributed by atoms with Gasteiger partial charge in [0.15, 0.2) is 0 Å². The van der Waals surface area contributed by atoms with Gasteiger partial charge in [-0.05, 0) is 0 Å². The van der Waals surface area contributed by atoms with E-state index in [1.165, 1.54) is 0 Å². The molecule has 0 aliphatic heterocycles. The average molecular weight is 452 g/mol. The van der Waals surface area contributed by atoms with E-state index in [2.05, 4.69) is 0 Å². The molecule has 0 radical (unpaired) electrons. The molecule has 0 atom stereocenters. The predicted molar refractivity (Wildman–Crippen MR) is 44.4 cm³/mol. The molecule has 17 nitrogen and oxygen atoms in total. The molecule has 18 heteroatoms. The maximum absolute atomic E-state index is 8.36. The Balaban J connectivity index is -0.00000000827. The monoisotopic (exact) mass is 453 g/mol. The molecule has 0 rings (SSSR count). The molecule has 0 fully saturated rings. The minimum Gasteiger partial charge on any atom is -0.412 e. The van der Waals surface area contributed by atoms with Crippen molar-refractivity contribution in [1.29, 1.82) is 0 Å². The van der Waals surface area contributed by atoms with Gasteiger partial charge in [0.25, 0.3) is 15.3 Å². The first-order valence-corrected chi connectivity index (χ1v) is 1.70. The molecule has 18 heavy (non-hydrogen) atoms. The van der Waals surface area contributed by atoms with Crippen LogP contribution >= 0.6 is 0 Å². The molecule has 0 aliphatic carbocycles. The molecule has 0 heterocycles. The summed E-state index contributed by atoms with van der Waals surface area (Å²) in [5.74, 6) is 0. The van der Waals surface area contributed by atoms with Gasteiger partial charge in [0.05, 0.1) is 0 Å². The van der Waals surface area contributed by atoms with Gasteiger partial charge in [-0.15, -0.1) is 30.3 Å². The van der Waals surface area contributed by atoms with Crippen LogP contribution in [0.3, 0.4) is 0 Å². The first-order valence-electron chi connectivity index (χ1n) is 1.70. The standard InChI is InChI=1S/3HNO3.5H2O.Yb/c3*2-1(3)4;;;;;;/h3*(H,2,3,4);5*1H2;. The third-order valence-corrected chi connectivity index (χ3v) is 0. The molecule has 0 aromatic rings. The Labute approximate surface area is 135 Å². The summed E-state index contributed by atoms with van der Waals surface area (Å²) in [6.45, 7) is 0. The Bertz CT molecular complexity index is 115. The van der Waals surface area contributed by atoms with Gasteiger partial charge in [0.1, 0.15) is 0 Å². The summed E-state index contributed by atoms with van der Waals surface area (Å²) in [6, 6.07) is 0. The van der Waals surface area contributed by atoms with Gasteiger partial charge in [-0.1, -0.05) is 0 Å². The Kier molecular flexibility index (Phi) is 215. The molecule has 0 bridgehead atoms. The fourth-order valence-corrected chi connectivity index (χ4v) is 0. The van der Waals surface area contributed by atoms with E-state index in [1.54, 1.807) is 0 Å². The smallest absolute Gasteiger partial charge is 0.291 e. The van der Waals surface area contributed by atoms with E-state index in [1.807, 2.05) is 0 Å². The molecule has 0 amide bonds. The van der Waals surface area contributed by atoms with Crippen LogP contribution < -0.4 is 0 Å². The van der Waals surface area contributed by atoms with Crippen LogP contribution in [0.4, 0.5) is 0 Å². The molecule has 0 spiro atoms. The summed E-state index contributed by atoms with van der Waals surface area (Å²) in [6.07, 6.45) is 0. The van der Waals surface area contributed by atoms with Crippen LogP contribution in [0.15, 0.2) is 0 Å². The van der Waals surface area contributed by atoms with Crippen molar-refractivity contribution in [2.45, 2.75) is 0 Å². The van der Waals surface area contributed by atoms with E-state index < -0.39 is 15.3 Å². The molecule has 0 saturated heterocycles. The summed E-state index contributed by atoms with van der Waals surface area (Å²) in [4.78, 5) is 25.1. The van der Waals surface area contributed by atoms with Gasteiger partial charge in [-0.25, -0.2) is 0 Å².